The first-order chi connectivity index (χ1) is 41.3. The van der Waals surface area contributed by atoms with Crippen molar-refractivity contribution in [3.63, 3.8) is 0 Å². The third kappa shape index (κ3) is 32.1. The van der Waals surface area contributed by atoms with Gasteiger partial charge in [0.05, 0.1) is 38.6 Å². The van der Waals surface area contributed by atoms with Crippen LogP contribution >= 0.6 is 0 Å². The highest BCUT2D eigenvalue weighted by atomic mass is 16.8. The summed E-state index contributed by atoms with van der Waals surface area (Å²) >= 11 is 0. The summed E-state index contributed by atoms with van der Waals surface area (Å²) in [5.41, 5.74) is 0. The minimum atomic E-state index is -1.97. The largest absolute Gasteiger partial charge is 0.394 e. The minimum Gasteiger partial charge on any atom is -0.394 e. The van der Waals surface area contributed by atoms with E-state index in [0.29, 0.717) is 12.8 Å². The SMILES string of the molecule is CCCCCCCCCCCCCCCCCCCCCCCCCCCCC(=O)NC(COC1OC(CO)C(OC2OC(CO)C(OC3OC(CO)C(O)C(O)C3O)C(O)C2O)C(O)C1O)C(O)CCCCCCCCCCCCCCCC. The standard InChI is InChI=1S/C66H127NO18/c1-3-5-7-9-11-13-15-17-19-20-21-22-23-24-25-26-27-28-29-30-32-34-36-38-40-42-44-54(72)67-49(50(71)43-41-39-37-35-33-31-18-16-14-12-10-8-6-4-2)48-80-64-60(78)57(75)62(52(46-69)82-64)85-66-61(79)58(76)63(53(47-70)83-66)84-65-59(77)56(74)55(73)51(45-68)81-65/h49-53,55-66,68-71,73-79H,3-48H2,1-2H3,(H,67,72). The van der Waals surface area contributed by atoms with E-state index < -0.39 is 124 Å². The third-order valence-electron chi connectivity index (χ3n) is 17.9. The average Bonchev–Trinajstić information content (AvgIpc) is 3.70. The molecule has 0 bridgehead atoms. The Labute approximate surface area is 513 Å². The van der Waals surface area contributed by atoms with Crippen molar-refractivity contribution in [2.24, 2.45) is 0 Å². The maximum absolute atomic E-state index is 13.4. The Morgan fingerprint density at radius 1 is 0.376 bits per heavy atom. The van der Waals surface area contributed by atoms with Crippen LogP contribution in [0.4, 0.5) is 0 Å². The first-order valence-corrected chi connectivity index (χ1v) is 34.8. The molecule has 3 rings (SSSR count). The molecule has 17 unspecified atom stereocenters. The Kier molecular flexibility index (Phi) is 45.4. The zero-order valence-corrected chi connectivity index (χ0v) is 53.1. The van der Waals surface area contributed by atoms with Crippen molar-refractivity contribution in [1.29, 1.82) is 0 Å². The molecule has 0 aliphatic carbocycles. The number of carbonyl (C=O) groups is 1. The van der Waals surface area contributed by atoms with E-state index in [1.165, 1.54) is 205 Å². The lowest BCUT2D eigenvalue weighted by Crippen LogP contribution is -2.66. The molecule has 0 aromatic carbocycles. The van der Waals surface area contributed by atoms with Gasteiger partial charge in [-0.1, -0.05) is 264 Å². The van der Waals surface area contributed by atoms with Gasteiger partial charge < -0.3 is 89.9 Å². The lowest BCUT2D eigenvalue weighted by Gasteiger charge is -2.48. The highest BCUT2D eigenvalue weighted by molar-refractivity contribution is 5.76. The Morgan fingerprint density at radius 3 is 1.02 bits per heavy atom. The Balaban J connectivity index is 1.40. The predicted molar refractivity (Wildman–Crippen MR) is 328 cm³/mol. The summed E-state index contributed by atoms with van der Waals surface area (Å²) in [6.45, 7) is 1.83. The summed E-state index contributed by atoms with van der Waals surface area (Å²) in [6.07, 6.45) is 24.8. The summed E-state index contributed by atoms with van der Waals surface area (Å²) in [7, 11) is 0. The highest BCUT2D eigenvalue weighted by Crippen LogP contribution is 2.33. The molecule has 19 nitrogen and oxygen atoms in total. The highest BCUT2D eigenvalue weighted by Gasteiger charge is 2.53. The van der Waals surface area contributed by atoms with Gasteiger partial charge in [-0.3, -0.25) is 4.79 Å². The summed E-state index contributed by atoms with van der Waals surface area (Å²) in [5, 5.41) is 121. The molecule has 0 saturated carbocycles. The van der Waals surface area contributed by atoms with Crippen molar-refractivity contribution in [1.82, 2.24) is 5.32 Å². The number of ether oxygens (including phenoxy) is 6. The van der Waals surface area contributed by atoms with Crippen molar-refractivity contribution >= 4 is 5.91 Å². The maximum atomic E-state index is 13.4. The van der Waals surface area contributed by atoms with Gasteiger partial charge >= 0.3 is 0 Å². The molecule has 0 aromatic rings. The van der Waals surface area contributed by atoms with Gasteiger partial charge in [0, 0.05) is 6.42 Å². The van der Waals surface area contributed by atoms with Crippen molar-refractivity contribution in [3.8, 4) is 0 Å². The van der Waals surface area contributed by atoms with Crippen LogP contribution in [0.25, 0.3) is 0 Å². The summed E-state index contributed by atoms with van der Waals surface area (Å²) < 4.78 is 34.4. The first kappa shape index (κ1) is 78.0. The smallest absolute Gasteiger partial charge is 0.220 e. The second-order valence-electron chi connectivity index (χ2n) is 25.4. The van der Waals surface area contributed by atoms with Crippen LogP contribution in [0.1, 0.15) is 284 Å². The molecule has 0 spiro atoms. The molecule has 12 N–H and O–H groups in total. The maximum Gasteiger partial charge on any atom is 0.220 e. The zero-order chi connectivity index (χ0) is 61.9. The molecular formula is C66H127NO18. The Bertz CT molecular complexity index is 1550. The number of nitrogens with one attached hydrogen (secondary N) is 1. The zero-order valence-electron chi connectivity index (χ0n) is 53.1. The second-order valence-corrected chi connectivity index (χ2v) is 25.4. The van der Waals surface area contributed by atoms with E-state index in [1.54, 1.807) is 0 Å². The normalized spacial score (nSPS) is 28.9. The third-order valence-corrected chi connectivity index (χ3v) is 17.9. The first-order valence-electron chi connectivity index (χ1n) is 34.8. The fourth-order valence-electron chi connectivity index (χ4n) is 12.3. The predicted octanol–water partition coefficient (Wildman–Crippen LogP) is 8.72. The summed E-state index contributed by atoms with van der Waals surface area (Å²) in [4.78, 5) is 13.4. The Hall–Kier alpha value is -1.21. The van der Waals surface area contributed by atoms with Crippen LogP contribution < -0.4 is 5.32 Å². The fraction of sp³-hybridized carbons (Fsp3) is 0.985. The van der Waals surface area contributed by atoms with Gasteiger partial charge in [0.25, 0.3) is 0 Å². The number of aliphatic hydroxyl groups excluding tert-OH is 11. The van der Waals surface area contributed by atoms with Gasteiger partial charge in [0.2, 0.25) is 5.91 Å². The molecule has 1 amide bonds. The van der Waals surface area contributed by atoms with Crippen LogP contribution in [-0.4, -0.2) is 193 Å². The fourth-order valence-corrected chi connectivity index (χ4v) is 12.3. The van der Waals surface area contributed by atoms with Gasteiger partial charge in [-0.15, -0.1) is 0 Å². The molecule has 3 heterocycles. The number of carbonyl (C=O) groups excluding carboxylic acids is 1. The van der Waals surface area contributed by atoms with Crippen molar-refractivity contribution < 1.29 is 89.4 Å². The lowest BCUT2D eigenvalue weighted by molar-refractivity contribution is -0.379. The second kappa shape index (κ2) is 49.5. The van der Waals surface area contributed by atoms with E-state index in [9.17, 15) is 61.0 Å². The van der Waals surface area contributed by atoms with Crippen LogP contribution in [0.2, 0.25) is 0 Å². The van der Waals surface area contributed by atoms with E-state index in [0.717, 1.165) is 44.9 Å². The topological polar surface area (TPSA) is 307 Å². The number of hydrogen-bond acceptors (Lipinski definition) is 18. The van der Waals surface area contributed by atoms with Crippen LogP contribution in [0.15, 0.2) is 0 Å². The van der Waals surface area contributed by atoms with Crippen LogP contribution in [0.5, 0.6) is 0 Å². The molecule has 3 aliphatic heterocycles. The summed E-state index contributed by atoms with van der Waals surface area (Å²) in [5.74, 6) is -0.236. The number of amides is 1. The molecule has 3 fully saturated rings. The van der Waals surface area contributed by atoms with Crippen LogP contribution in [0, 0.1) is 0 Å². The monoisotopic (exact) mass is 1220 g/mol. The molecule has 504 valence electrons. The van der Waals surface area contributed by atoms with E-state index in [1.807, 2.05) is 0 Å². The molecule has 19 heteroatoms. The molecule has 3 aliphatic rings. The minimum absolute atomic E-state index is 0.236. The van der Waals surface area contributed by atoms with E-state index in [4.69, 9.17) is 28.4 Å². The van der Waals surface area contributed by atoms with Gasteiger partial charge in [-0.05, 0) is 12.8 Å². The average molecular weight is 1220 g/mol. The number of hydrogen-bond donors (Lipinski definition) is 12. The van der Waals surface area contributed by atoms with Gasteiger partial charge in [0.1, 0.15) is 73.2 Å². The molecule has 0 aromatic heterocycles. The molecular weight excluding hydrogens is 1090 g/mol. The van der Waals surface area contributed by atoms with Gasteiger partial charge in [0.15, 0.2) is 18.9 Å². The van der Waals surface area contributed by atoms with E-state index >= 15 is 0 Å². The Morgan fingerprint density at radius 2 is 0.671 bits per heavy atom. The van der Waals surface area contributed by atoms with Crippen LogP contribution in [-0.2, 0) is 33.2 Å². The quantitative estimate of drug-likeness (QED) is 0.0253. The van der Waals surface area contributed by atoms with Gasteiger partial charge in [-0.2, -0.15) is 0 Å². The number of unbranched alkanes of at least 4 members (excludes halogenated alkanes) is 38. The molecule has 0 radical (unpaired) electrons. The molecule has 85 heavy (non-hydrogen) atoms. The lowest BCUT2D eigenvalue weighted by atomic mass is 9.96. The van der Waals surface area contributed by atoms with Gasteiger partial charge in [-0.25, -0.2) is 0 Å². The van der Waals surface area contributed by atoms with E-state index in [2.05, 4.69) is 19.2 Å². The molecule has 17 atom stereocenters. The van der Waals surface area contributed by atoms with Crippen molar-refractivity contribution in [3.05, 3.63) is 0 Å². The van der Waals surface area contributed by atoms with Crippen molar-refractivity contribution in [2.75, 3.05) is 26.4 Å². The summed E-state index contributed by atoms with van der Waals surface area (Å²) in [6, 6.07) is -0.881. The molecule has 3 saturated heterocycles. The number of rotatable bonds is 54. The van der Waals surface area contributed by atoms with E-state index in [-0.39, 0.29) is 18.9 Å². The van der Waals surface area contributed by atoms with Crippen molar-refractivity contribution in [2.45, 2.75) is 388 Å². The van der Waals surface area contributed by atoms with Crippen LogP contribution in [0.3, 0.4) is 0 Å². The number of aliphatic hydroxyl groups is 11.